The Morgan fingerprint density at radius 3 is 2.50 bits per heavy atom. The number of amidine groups is 1. The third-order valence-corrected chi connectivity index (χ3v) is 3.83. The van der Waals surface area contributed by atoms with Crippen LogP contribution < -0.4 is 15.6 Å². The first-order valence-corrected chi connectivity index (χ1v) is 7.51. The fraction of sp³-hybridized carbons (Fsp3) is 0.0625. The first-order valence-electron chi connectivity index (χ1n) is 6.63. The number of para-hydroxylation sites is 2. The molecule has 0 spiro atoms. The smallest absolute Gasteiger partial charge is 0.185 e. The SMILES string of the molecule is COc1ccccc1N=C1NNC(c2ccc(F)cc2)=CS1. The van der Waals surface area contributed by atoms with Crippen molar-refractivity contribution in [3.05, 3.63) is 65.3 Å². The van der Waals surface area contributed by atoms with Crippen LogP contribution in [-0.4, -0.2) is 12.3 Å². The molecule has 2 N–H and O–H groups in total. The van der Waals surface area contributed by atoms with Crippen LogP contribution in [0.2, 0.25) is 0 Å². The molecule has 0 unspecified atom stereocenters. The third-order valence-electron chi connectivity index (χ3n) is 3.05. The van der Waals surface area contributed by atoms with Crippen molar-refractivity contribution in [2.24, 2.45) is 4.99 Å². The predicted octanol–water partition coefficient (Wildman–Crippen LogP) is 3.66. The lowest BCUT2D eigenvalue weighted by atomic mass is 10.2. The van der Waals surface area contributed by atoms with E-state index in [1.807, 2.05) is 29.7 Å². The number of nitrogens with one attached hydrogen (secondary N) is 2. The summed E-state index contributed by atoms with van der Waals surface area (Å²) < 4.78 is 18.2. The van der Waals surface area contributed by atoms with Gasteiger partial charge in [-0.25, -0.2) is 9.38 Å². The zero-order valence-corrected chi connectivity index (χ0v) is 12.7. The average Bonchev–Trinajstić information content (AvgIpc) is 2.57. The lowest BCUT2D eigenvalue weighted by Crippen LogP contribution is -2.36. The van der Waals surface area contributed by atoms with Gasteiger partial charge in [-0.1, -0.05) is 23.9 Å². The summed E-state index contributed by atoms with van der Waals surface area (Å²) in [7, 11) is 1.62. The Morgan fingerprint density at radius 1 is 1.05 bits per heavy atom. The molecule has 0 radical (unpaired) electrons. The molecule has 0 amide bonds. The van der Waals surface area contributed by atoms with Gasteiger partial charge in [0.15, 0.2) is 5.17 Å². The zero-order valence-electron chi connectivity index (χ0n) is 11.8. The van der Waals surface area contributed by atoms with Gasteiger partial charge in [-0.2, -0.15) is 0 Å². The number of hydrogen-bond acceptors (Lipinski definition) is 4. The molecule has 0 aromatic heterocycles. The normalized spacial score (nSPS) is 15.7. The van der Waals surface area contributed by atoms with E-state index in [2.05, 4.69) is 15.8 Å². The minimum Gasteiger partial charge on any atom is -0.494 e. The number of hydrogen-bond donors (Lipinski definition) is 2. The average molecular weight is 315 g/mol. The van der Waals surface area contributed by atoms with Crippen LogP contribution in [0.1, 0.15) is 5.56 Å². The highest BCUT2D eigenvalue weighted by Crippen LogP contribution is 2.28. The molecule has 0 saturated heterocycles. The molecule has 1 aliphatic heterocycles. The van der Waals surface area contributed by atoms with Gasteiger partial charge in [-0.15, -0.1) is 0 Å². The van der Waals surface area contributed by atoms with Gasteiger partial charge in [0.2, 0.25) is 0 Å². The number of rotatable bonds is 3. The number of ether oxygens (including phenoxy) is 1. The van der Waals surface area contributed by atoms with Crippen LogP contribution in [-0.2, 0) is 0 Å². The van der Waals surface area contributed by atoms with Crippen LogP contribution in [0.4, 0.5) is 10.1 Å². The molecule has 1 heterocycles. The van der Waals surface area contributed by atoms with Crippen molar-refractivity contribution >= 4 is 28.3 Å². The Hall–Kier alpha value is -2.47. The molecule has 0 aliphatic carbocycles. The number of nitrogens with zero attached hydrogens (tertiary/aromatic N) is 1. The van der Waals surface area contributed by atoms with Crippen LogP contribution in [0.15, 0.2) is 58.9 Å². The van der Waals surface area contributed by atoms with Gasteiger partial charge in [0.25, 0.3) is 0 Å². The summed E-state index contributed by atoms with van der Waals surface area (Å²) in [5.74, 6) is 0.463. The van der Waals surface area contributed by atoms with Crippen molar-refractivity contribution in [2.45, 2.75) is 0 Å². The van der Waals surface area contributed by atoms with Crippen molar-refractivity contribution in [1.82, 2.24) is 10.9 Å². The van der Waals surface area contributed by atoms with Crippen LogP contribution in [0.25, 0.3) is 5.70 Å². The molecule has 0 bridgehead atoms. The fourth-order valence-corrected chi connectivity index (χ4v) is 2.64. The van der Waals surface area contributed by atoms with Gasteiger partial charge in [-0.3, -0.25) is 10.9 Å². The zero-order chi connectivity index (χ0) is 15.4. The summed E-state index contributed by atoms with van der Waals surface area (Å²) in [5.41, 5.74) is 8.60. The van der Waals surface area contributed by atoms with Gasteiger partial charge in [-0.05, 0) is 36.4 Å². The molecule has 22 heavy (non-hydrogen) atoms. The van der Waals surface area contributed by atoms with E-state index in [1.54, 1.807) is 19.2 Å². The standard InChI is InChI=1S/C16H14FN3OS/c1-21-15-5-3-2-4-13(15)18-16-20-19-14(10-22-16)11-6-8-12(17)9-7-11/h2-10,19H,1H3,(H,18,20). The number of halogens is 1. The molecular formula is C16H14FN3OS. The van der Waals surface area contributed by atoms with E-state index < -0.39 is 0 Å². The van der Waals surface area contributed by atoms with Crippen molar-refractivity contribution in [3.8, 4) is 5.75 Å². The minimum atomic E-state index is -0.251. The second-order valence-corrected chi connectivity index (χ2v) is 5.35. The first kappa shape index (κ1) is 14.5. The van der Waals surface area contributed by atoms with E-state index >= 15 is 0 Å². The van der Waals surface area contributed by atoms with Crippen LogP contribution >= 0.6 is 11.8 Å². The molecule has 0 saturated carbocycles. The summed E-state index contributed by atoms with van der Waals surface area (Å²) in [6, 6.07) is 13.9. The molecule has 112 valence electrons. The quantitative estimate of drug-likeness (QED) is 0.907. The number of thioether (sulfide) groups is 1. The Bertz CT molecular complexity index is 728. The maximum Gasteiger partial charge on any atom is 0.185 e. The van der Waals surface area contributed by atoms with E-state index in [1.165, 1.54) is 23.9 Å². The van der Waals surface area contributed by atoms with Crippen molar-refractivity contribution in [3.63, 3.8) is 0 Å². The molecule has 2 aromatic rings. The summed E-state index contributed by atoms with van der Waals surface area (Å²) in [5, 5.41) is 2.63. The Labute approximate surface area is 132 Å². The molecule has 4 nitrogen and oxygen atoms in total. The first-order chi connectivity index (χ1) is 10.8. The van der Waals surface area contributed by atoms with Crippen LogP contribution in [0, 0.1) is 5.82 Å². The summed E-state index contributed by atoms with van der Waals surface area (Å²) in [6.45, 7) is 0. The molecule has 0 atom stereocenters. The number of benzene rings is 2. The third kappa shape index (κ3) is 3.23. The Kier molecular flexibility index (Phi) is 4.29. The highest BCUT2D eigenvalue weighted by molar-refractivity contribution is 8.16. The highest BCUT2D eigenvalue weighted by Gasteiger charge is 2.11. The monoisotopic (exact) mass is 315 g/mol. The summed E-state index contributed by atoms with van der Waals surface area (Å²) >= 11 is 1.45. The molecule has 6 heteroatoms. The largest absolute Gasteiger partial charge is 0.494 e. The Morgan fingerprint density at radius 2 is 1.82 bits per heavy atom. The van der Waals surface area contributed by atoms with Gasteiger partial charge < -0.3 is 4.74 Å². The fourth-order valence-electron chi connectivity index (χ4n) is 1.95. The molecule has 1 aliphatic rings. The lowest BCUT2D eigenvalue weighted by molar-refractivity contribution is 0.416. The second kappa shape index (κ2) is 6.53. The van der Waals surface area contributed by atoms with E-state index in [0.717, 1.165) is 16.9 Å². The Balaban J connectivity index is 1.78. The maximum atomic E-state index is 12.9. The topological polar surface area (TPSA) is 45.6 Å². The number of methoxy groups -OCH3 is 1. The van der Waals surface area contributed by atoms with Crippen LogP contribution in [0.5, 0.6) is 5.75 Å². The summed E-state index contributed by atoms with van der Waals surface area (Å²) in [4.78, 5) is 4.51. The lowest BCUT2D eigenvalue weighted by Gasteiger charge is -2.19. The molecular weight excluding hydrogens is 301 g/mol. The van der Waals surface area contributed by atoms with Gasteiger partial charge in [0.05, 0.1) is 12.8 Å². The van der Waals surface area contributed by atoms with E-state index in [0.29, 0.717) is 10.9 Å². The maximum absolute atomic E-state index is 12.9. The molecule has 0 fully saturated rings. The molecule has 2 aromatic carbocycles. The van der Waals surface area contributed by atoms with Gasteiger partial charge in [0.1, 0.15) is 17.3 Å². The second-order valence-electron chi connectivity index (χ2n) is 4.50. The summed E-state index contributed by atoms with van der Waals surface area (Å²) in [6.07, 6.45) is 0. The van der Waals surface area contributed by atoms with Crippen molar-refractivity contribution < 1.29 is 9.13 Å². The predicted molar refractivity (Wildman–Crippen MR) is 88.3 cm³/mol. The van der Waals surface area contributed by atoms with E-state index in [9.17, 15) is 4.39 Å². The minimum absolute atomic E-state index is 0.251. The highest BCUT2D eigenvalue weighted by atomic mass is 32.2. The number of aliphatic imine (C=N–C) groups is 1. The van der Waals surface area contributed by atoms with Crippen molar-refractivity contribution in [1.29, 1.82) is 0 Å². The van der Waals surface area contributed by atoms with E-state index in [-0.39, 0.29) is 5.82 Å². The van der Waals surface area contributed by atoms with Gasteiger partial charge >= 0.3 is 0 Å². The van der Waals surface area contributed by atoms with Crippen LogP contribution in [0.3, 0.4) is 0 Å². The van der Waals surface area contributed by atoms with Crippen molar-refractivity contribution in [2.75, 3.05) is 7.11 Å². The number of hydrazine groups is 1. The molecule has 3 rings (SSSR count). The van der Waals surface area contributed by atoms with Gasteiger partial charge in [0, 0.05) is 11.0 Å². The van der Waals surface area contributed by atoms with E-state index in [4.69, 9.17) is 4.74 Å².